The van der Waals surface area contributed by atoms with Gasteiger partial charge in [-0.25, -0.2) is 0 Å². The number of rotatable bonds is 0. The second-order valence-corrected chi connectivity index (χ2v) is 5.05. The highest BCUT2D eigenvalue weighted by Gasteiger charge is 2.50. The third kappa shape index (κ3) is 0.752. The van der Waals surface area contributed by atoms with Gasteiger partial charge in [0, 0.05) is 10.2 Å². The van der Waals surface area contributed by atoms with Crippen LogP contribution in [0.2, 0.25) is 0 Å². The van der Waals surface area contributed by atoms with E-state index in [1.165, 1.54) is 6.42 Å². The standard InChI is InChI=1S/C10H13Br/c1-9-5-3-6-10(9,2)8(11)4-7-9/h3-4,6-8H,5H2,1-2H3/t8?,9-,10+/m1/s1. The third-order valence-electron chi connectivity index (χ3n) is 3.44. The van der Waals surface area contributed by atoms with E-state index in [2.05, 4.69) is 54.1 Å². The zero-order valence-corrected chi connectivity index (χ0v) is 8.56. The molecule has 0 spiro atoms. The highest BCUT2D eigenvalue weighted by atomic mass is 79.9. The van der Waals surface area contributed by atoms with E-state index in [0.717, 1.165) is 0 Å². The molecule has 0 heterocycles. The molecule has 1 unspecified atom stereocenters. The van der Waals surface area contributed by atoms with Crippen LogP contribution < -0.4 is 0 Å². The van der Waals surface area contributed by atoms with Gasteiger partial charge in [0.2, 0.25) is 0 Å². The minimum atomic E-state index is 0.326. The van der Waals surface area contributed by atoms with Crippen molar-refractivity contribution in [3.05, 3.63) is 24.3 Å². The summed E-state index contributed by atoms with van der Waals surface area (Å²) < 4.78 is 0. The fourth-order valence-corrected chi connectivity index (χ4v) is 2.94. The molecular formula is C10H13Br. The summed E-state index contributed by atoms with van der Waals surface area (Å²) >= 11 is 3.70. The minimum absolute atomic E-state index is 0.326. The Balaban J connectivity index is 2.45. The van der Waals surface area contributed by atoms with Crippen LogP contribution in [-0.4, -0.2) is 4.83 Å². The topological polar surface area (TPSA) is 0 Å². The van der Waals surface area contributed by atoms with Gasteiger partial charge in [-0.1, -0.05) is 54.1 Å². The van der Waals surface area contributed by atoms with E-state index >= 15 is 0 Å². The maximum absolute atomic E-state index is 3.70. The summed E-state index contributed by atoms with van der Waals surface area (Å²) in [5.74, 6) is 0. The highest BCUT2D eigenvalue weighted by Crippen LogP contribution is 2.57. The van der Waals surface area contributed by atoms with Crippen LogP contribution in [0.3, 0.4) is 0 Å². The number of hydrogen-bond donors (Lipinski definition) is 0. The van der Waals surface area contributed by atoms with Gasteiger partial charge < -0.3 is 0 Å². The van der Waals surface area contributed by atoms with Gasteiger partial charge in [0.1, 0.15) is 0 Å². The van der Waals surface area contributed by atoms with Crippen LogP contribution >= 0.6 is 15.9 Å². The average molecular weight is 213 g/mol. The molecule has 0 fully saturated rings. The Morgan fingerprint density at radius 3 is 2.73 bits per heavy atom. The van der Waals surface area contributed by atoms with Crippen LogP contribution in [0.15, 0.2) is 24.3 Å². The molecule has 0 N–H and O–H groups in total. The highest BCUT2D eigenvalue weighted by molar-refractivity contribution is 9.09. The molecule has 3 atom stereocenters. The Hall–Kier alpha value is -0.0400. The predicted molar refractivity (Wildman–Crippen MR) is 51.8 cm³/mol. The third-order valence-corrected chi connectivity index (χ3v) is 4.70. The van der Waals surface area contributed by atoms with Crippen LogP contribution in [0.5, 0.6) is 0 Å². The Kier molecular flexibility index (Phi) is 1.39. The first-order chi connectivity index (χ1) is 5.08. The quantitative estimate of drug-likeness (QED) is 0.427. The van der Waals surface area contributed by atoms with Gasteiger partial charge in [-0.3, -0.25) is 0 Å². The molecule has 1 heteroatoms. The van der Waals surface area contributed by atoms with E-state index in [1.807, 2.05) is 0 Å². The molecule has 0 aromatic rings. The van der Waals surface area contributed by atoms with Gasteiger partial charge in [0.05, 0.1) is 0 Å². The molecule has 0 bridgehead atoms. The van der Waals surface area contributed by atoms with Crippen molar-refractivity contribution in [3.63, 3.8) is 0 Å². The first kappa shape index (κ1) is 7.60. The second-order valence-electron chi connectivity index (χ2n) is 4.07. The maximum Gasteiger partial charge on any atom is 0.0422 e. The Bertz CT molecular complexity index is 241. The fourth-order valence-electron chi connectivity index (χ4n) is 2.11. The molecule has 0 aliphatic heterocycles. The molecule has 0 saturated carbocycles. The Labute approximate surface area is 76.5 Å². The van der Waals surface area contributed by atoms with E-state index < -0.39 is 0 Å². The van der Waals surface area contributed by atoms with Crippen LogP contribution in [-0.2, 0) is 0 Å². The molecule has 11 heavy (non-hydrogen) atoms. The van der Waals surface area contributed by atoms with Crippen LogP contribution in [0.25, 0.3) is 0 Å². The monoisotopic (exact) mass is 212 g/mol. The van der Waals surface area contributed by atoms with Crippen molar-refractivity contribution in [1.82, 2.24) is 0 Å². The molecule has 0 aromatic heterocycles. The molecule has 60 valence electrons. The predicted octanol–water partition coefficient (Wildman–Crippen LogP) is 3.29. The van der Waals surface area contributed by atoms with E-state index in [-0.39, 0.29) is 0 Å². The van der Waals surface area contributed by atoms with Crippen LogP contribution in [0.4, 0.5) is 0 Å². The van der Waals surface area contributed by atoms with E-state index in [1.54, 1.807) is 0 Å². The SMILES string of the molecule is C[C@@]12C=CC(Br)[C@]1(C)C=CC2. The van der Waals surface area contributed by atoms with E-state index in [9.17, 15) is 0 Å². The lowest BCUT2D eigenvalue weighted by atomic mass is 9.70. The number of alkyl halides is 1. The smallest absolute Gasteiger partial charge is 0.0422 e. The van der Waals surface area contributed by atoms with Crippen molar-refractivity contribution < 1.29 is 0 Å². The summed E-state index contributed by atoms with van der Waals surface area (Å²) in [6.07, 6.45) is 10.5. The molecule has 0 nitrogen and oxygen atoms in total. The summed E-state index contributed by atoms with van der Waals surface area (Å²) in [5, 5.41) is 0. The second kappa shape index (κ2) is 2.01. The Morgan fingerprint density at radius 1 is 1.36 bits per heavy atom. The van der Waals surface area contributed by atoms with Gasteiger partial charge in [-0.15, -0.1) is 0 Å². The molecule has 0 radical (unpaired) electrons. The lowest BCUT2D eigenvalue weighted by molar-refractivity contribution is 0.239. The van der Waals surface area contributed by atoms with Crippen molar-refractivity contribution in [3.8, 4) is 0 Å². The summed E-state index contributed by atoms with van der Waals surface area (Å²) in [6.45, 7) is 4.67. The van der Waals surface area contributed by atoms with Crippen molar-refractivity contribution in [2.24, 2.45) is 10.8 Å². The first-order valence-electron chi connectivity index (χ1n) is 4.10. The van der Waals surface area contributed by atoms with Gasteiger partial charge in [-0.05, 0) is 11.8 Å². The van der Waals surface area contributed by atoms with Gasteiger partial charge >= 0.3 is 0 Å². The average Bonchev–Trinajstić information content (AvgIpc) is 2.34. The van der Waals surface area contributed by atoms with Gasteiger partial charge in [0.25, 0.3) is 0 Å². The summed E-state index contributed by atoms with van der Waals surface area (Å²) in [5.41, 5.74) is 0.703. The summed E-state index contributed by atoms with van der Waals surface area (Å²) in [6, 6.07) is 0. The number of halogens is 1. The maximum atomic E-state index is 3.70. The molecule has 2 aliphatic carbocycles. The number of hydrogen-bond acceptors (Lipinski definition) is 0. The van der Waals surface area contributed by atoms with Gasteiger partial charge in [-0.2, -0.15) is 0 Å². The zero-order valence-electron chi connectivity index (χ0n) is 6.97. The van der Waals surface area contributed by atoms with Crippen LogP contribution in [0.1, 0.15) is 20.3 Å². The van der Waals surface area contributed by atoms with E-state index in [4.69, 9.17) is 0 Å². The van der Waals surface area contributed by atoms with Crippen molar-refractivity contribution in [2.75, 3.05) is 0 Å². The van der Waals surface area contributed by atoms with Crippen molar-refractivity contribution in [2.45, 2.75) is 25.1 Å². The Morgan fingerprint density at radius 2 is 2.09 bits per heavy atom. The molecule has 0 amide bonds. The summed E-state index contributed by atoms with van der Waals surface area (Å²) in [4.78, 5) is 0.527. The fraction of sp³-hybridized carbons (Fsp3) is 0.600. The number of fused-ring (bicyclic) bond motifs is 1. The molecule has 2 aliphatic rings. The molecule has 0 aromatic carbocycles. The normalized spacial score (nSPS) is 53.5. The lowest BCUT2D eigenvalue weighted by Gasteiger charge is -2.36. The molecule has 2 rings (SSSR count). The molecule has 0 saturated heterocycles. The zero-order chi connectivity index (χ0) is 8.11. The van der Waals surface area contributed by atoms with Crippen LogP contribution in [0, 0.1) is 10.8 Å². The van der Waals surface area contributed by atoms with Crippen molar-refractivity contribution in [1.29, 1.82) is 0 Å². The van der Waals surface area contributed by atoms with Gasteiger partial charge in [0.15, 0.2) is 0 Å². The minimum Gasteiger partial charge on any atom is -0.0870 e. The van der Waals surface area contributed by atoms with E-state index in [0.29, 0.717) is 15.7 Å². The summed E-state index contributed by atoms with van der Waals surface area (Å²) in [7, 11) is 0. The molecular weight excluding hydrogens is 200 g/mol. The lowest BCUT2D eigenvalue weighted by Crippen LogP contribution is -2.32. The largest absolute Gasteiger partial charge is 0.0870 e. The first-order valence-corrected chi connectivity index (χ1v) is 5.01. The number of allylic oxidation sites excluding steroid dienone is 4. The van der Waals surface area contributed by atoms with Crippen molar-refractivity contribution >= 4 is 15.9 Å².